The van der Waals surface area contributed by atoms with Gasteiger partial charge in [-0.05, 0) is 41.8 Å². The van der Waals surface area contributed by atoms with Crippen molar-refractivity contribution in [2.24, 2.45) is 4.99 Å². The predicted molar refractivity (Wildman–Crippen MR) is 137 cm³/mol. The molecule has 0 unspecified atom stereocenters. The van der Waals surface area contributed by atoms with E-state index in [4.69, 9.17) is 9.72 Å². The minimum atomic E-state index is -1.69. The van der Waals surface area contributed by atoms with Crippen molar-refractivity contribution in [2.75, 3.05) is 6.54 Å². The molecule has 1 saturated heterocycles. The van der Waals surface area contributed by atoms with Gasteiger partial charge in [-0.2, -0.15) is 0 Å². The number of aromatic amines is 1. The molecule has 0 saturated carbocycles. The molecule has 184 valence electrons. The number of carbonyl (C=O) groups excluding carboxylic acids is 2. The van der Waals surface area contributed by atoms with E-state index in [1.165, 1.54) is 12.1 Å². The molecule has 0 bridgehead atoms. The van der Waals surface area contributed by atoms with Gasteiger partial charge in [0.15, 0.2) is 5.82 Å². The average Bonchev–Trinajstić information content (AvgIpc) is 3.64. The number of para-hydroxylation sites is 1. The van der Waals surface area contributed by atoms with Crippen molar-refractivity contribution in [2.45, 2.75) is 25.0 Å². The highest BCUT2D eigenvalue weighted by Gasteiger charge is 2.58. The normalized spacial score (nSPS) is 19.9. The third-order valence-corrected chi connectivity index (χ3v) is 6.91. The largest absolute Gasteiger partial charge is 0.424 e. The van der Waals surface area contributed by atoms with Gasteiger partial charge >= 0.3 is 6.09 Å². The van der Waals surface area contributed by atoms with Crippen molar-refractivity contribution in [3.05, 3.63) is 107 Å². The minimum Gasteiger partial charge on any atom is -0.424 e. The maximum Gasteiger partial charge on any atom is 0.418 e. The fraction of sp³-hybridized carbons (Fsp3) is 0.172. The summed E-state index contributed by atoms with van der Waals surface area (Å²) in [7, 11) is 0. The Bertz CT molecular complexity index is 1580. The zero-order chi connectivity index (χ0) is 25.6. The van der Waals surface area contributed by atoms with Crippen molar-refractivity contribution >= 4 is 34.8 Å². The second kappa shape index (κ2) is 8.81. The summed E-state index contributed by atoms with van der Waals surface area (Å²) in [6.07, 6.45) is 3.14. The van der Waals surface area contributed by atoms with Gasteiger partial charge < -0.3 is 9.72 Å². The number of ether oxygens (including phenoxy) is 1. The van der Waals surface area contributed by atoms with E-state index in [9.17, 15) is 14.0 Å². The third-order valence-electron chi connectivity index (χ3n) is 6.91. The van der Waals surface area contributed by atoms with Crippen LogP contribution < -0.4 is 0 Å². The van der Waals surface area contributed by atoms with Crippen LogP contribution in [0.5, 0.6) is 0 Å². The second-order valence-corrected chi connectivity index (χ2v) is 9.20. The number of benzene rings is 3. The fourth-order valence-corrected chi connectivity index (χ4v) is 4.96. The van der Waals surface area contributed by atoms with E-state index < -0.39 is 29.5 Å². The summed E-state index contributed by atoms with van der Waals surface area (Å²) in [5.41, 5.74) is 2.94. The summed E-state index contributed by atoms with van der Waals surface area (Å²) in [5, 5.41) is 0. The van der Waals surface area contributed by atoms with Gasteiger partial charge in [-0.1, -0.05) is 60.7 Å². The van der Waals surface area contributed by atoms with E-state index >= 15 is 0 Å². The fourth-order valence-electron chi connectivity index (χ4n) is 4.96. The number of rotatable bonds is 6. The molecule has 2 amide bonds. The molecule has 0 radical (unpaired) electrons. The lowest BCUT2D eigenvalue weighted by Gasteiger charge is -2.25. The van der Waals surface area contributed by atoms with Crippen molar-refractivity contribution in [3.63, 3.8) is 0 Å². The lowest BCUT2D eigenvalue weighted by atomic mass is 9.92. The molecule has 3 heterocycles. The van der Waals surface area contributed by atoms with Crippen molar-refractivity contribution in [1.29, 1.82) is 0 Å². The van der Waals surface area contributed by atoms with Gasteiger partial charge in [0.2, 0.25) is 0 Å². The third kappa shape index (κ3) is 3.81. The van der Waals surface area contributed by atoms with Gasteiger partial charge in [0.25, 0.3) is 11.5 Å². The second-order valence-electron chi connectivity index (χ2n) is 9.20. The Kier molecular flexibility index (Phi) is 5.44. The topological polar surface area (TPSA) is 87.7 Å². The van der Waals surface area contributed by atoms with Gasteiger partial charge in [0.05, 0.1) is 23.6 Å². The maximum absolute atomic E-state index is 14.2. The number of imide groups is 1. The Balaban J connectivity index is 1.48. The molecule has 2 aliphatic rings. The zero-order valence-corrected chi connectivity index (χ0v) is 20.0. The van der Waals surface area contributed by atoms with Crippen molar-refractivity contribution < 1.29 is 18.7 Å². The lowest BCUT2D eigenvalue weighted by Crippen LogP contribution is -2.42. The molecule has 7 nitrogen and oxygen atoms in total. The molecule has 3 aromatic carbocycles. The van der Waals surface area contributed by atoms with E-state index in [0.717, 1.165) is 27.1 Å². The summed E-state index contributed by atoms with van der Waals surface area (Å²) >= 11 is 0. The number of hydrogen-bond donors (Lipinski definition) is 1. The van der Waals surface area contributed by atoms with Crippen LogP contribution in [0.2, 0.25) is 0 Å². The number of halogens is 1. The minimum absolute atomic E-state index is 0.102. The number of imidazole rings is 1. The molecule has 1 N–H and O–H groups in total. The predicted octanol–water partition coefficient (Wildman–Crippen LogP) is 5.35. The van der Waals surface area contributed by atoms with Crippen molar-refractivity contribution in [3.8, 4) is 0 Å². The number of carbonyl (C=O) groups is 2. The molecule has 1 fully saturated rings. The first-order valence-corrected chi connectivity index (χ1v) is 12.0. The number of H-pyrrole nitrogens is 1. The number of allylic oxidation sites excluding steroid dienone is 1. The average molecular weight is 495 g/mol. The highest BCUT2D eigenvalue weighted by molar-refractivity contribution is 6.15. The Hall–Kier alpha value is -4.59. The Morgan fingerprint density at radius 3 is 2.57 bits per heavy atom. The molecule has 1 aromatic heterocycles. The van der Waals surface area contributed by atoms with Crippen LogP contribution in [-0.2, 0) is 21.6 Å². The van der Waals surface area contributed by atoms with Crippen LogP contribution in [-0.4, -0.2) is 39.6 Å². The molecule has 8 heteroatoms. The van der Waals surface area contributed by atoms with Gasteiger partial charge in [-0.15, -0.1) is 0 Å². The van der Waals surface area contributed by atoms with Gasteiger partial charge in [0.1, 0.15) is 5.82 Å². The molecule has 2 atom stereocenters. The van der Waals surface area contributed by atoms with Crippen LogP contribution in [0.25, 0.3) is 16.6 Å². The van der Waals surface area contributed by atoms with Gasteiger partial charge in [0, 0.05) is 18.2 Å². The van der Waals surface area contributed by atoms with Crippen LogP contribution in [0.15, 0.2) is 83.9 Å². The number of amides is 2. The standard InChI is InChI=1S/C29H23FN4O3/c1-18(20-10-12-22(30)13-11-20)34-27(35)29(37-28(34)36,16-19-6-3-2-4-7-19)26-32-24-9-5-8-23(25(24)33-26)21-14-15-31-17-21/h2-14,17-18H,15-16H2,1H3,(H,32,33)/t18-,29-/m1/s1. The molecule has 0 spiro atoms. The summed E-state index contributed by atoms with van der Waals surface area (Å²) in [6.45, 7) is 2.32. The van der Waals surface area contributed by atoms with Gasteiger partial charge in [-0.3, -0.25) is 9.79 Å². The number of cyclic esters (lactones) is 1. The number of aliphatic imine (C=N–C) groups is 1. The van der Waals surface area contributed by atoms with Gasteiger partial charge in [-0.25, -0.2) is 19.1 Å². The molecule has 6 rings (SSSR count). The van der Waals surface area contributed by atoms with E-state index in [1.54, 1.807) is 25.3 Å². The monoisotopic (exact) mass is 494 g/mol. The molecule has 0 aliphatic carbocycles. The Morgan fingerprint density at radius 2 is 1.84 bits per heavy atom. The number of nitrogens with one attached hydrogen (secondary N) is 1. The molecule has 4 aromatic rings. The Morgan fingerprint density at radius 1 is 1.05 bits per heavy atom. The van der Waals surface area contributed by atoms with E-state index in [2.05, 4.69) is 9.98 Å². The quantitative estimate of drug-likeness (QED) is 0.392. The van der Waals surface area contributed by atoms with Crippen LogP contribution in [0, 0.1) is 5.82 Å². The van der Waals surface area contributed by atoms with Crippen LogP contribution in [0.3, 0.4) is 0 Å². The van der Waals surface area contributed by atoms with Crippen LogP contribution in [0.4, 0.5) is 9.18 Å². The Labute approximate surface area is 212 Å². The molecular weight excluding hydrogens is 471 g/mol. The highest BCUT2D eigenvalue weighted by atomic mass is 19.1. The smallest absolute Gasteiger partial charge is 0.418 e. The highest BCUT2D eigenvalue weighted by Crippen LogP contribution is 2.41. The van der Waals surface area contributed by atoms with E-state index in [-0.39, 0.29) is 12.2 Å². The number of fused-ring (bicyclic) bond motifs is 1. The number of aromatic nitrogens is 2. The number of hydrogen-bond acceptors (Lipinski definition) is 5. The summed E-state index contributed by atoms with van der Waals surface area (Å²) < 4.78 is 19.5. The summed E-state index contributed by atoms with van der Waals surface area (Å²) in [5.74, 6) is -0.674. The van der Waals surface area contributed by atoms with E-state index in [0.29, 0.717) is 17.6 Å². The molecule has 37 heavy (non-hydrogen) atoms. The first kappa shape index (κ1) is 22.8. The number of nitrogens with zero attached hydrogens (tertiary/aromatic N) is 3. The first-order chi connectivity index (χ1) is 18.0. The lowest BCUT2D eigenvalue weighted by molar-refractivity contribution is -0.139. The van der Waals surface area contributed by atoms with Crippen LogP contribution in [0.1, 0.15) is 35.5 Å². The first-order valence-electron chi connectivity index (χ1n) is 12.0. The summed E-state index contributed by atoms with van der Waals surface area (Å²) in [6, 6.07) is 20.1. The molecular formula is C29H23FN4O3. The van der Waals surface area contributed by atoms with Crippen LogP contribution >= 0.6 is 0 Å². The molecule has 2 aliphatic heterocycles. The maximum atomic E-state index is 14.2. The zero-order valence-electron chi connectivity index (χ0n) is 20.0. The summed E-state index contributed by atoms with van der Waals surface area (Å²) in [4.78, 5) is 40.9. The SMILES string of the molecule is C[C@H](c1ccc(F)cc1)N1C(=O)O[C@](Cc2ccccc2)(c2nc3c(C4=CCN=C4)cccc3[nH]2)C1=O. The van der Waals surface area contributed by atoms with E-state index in [1.807, 2.05) is 54.6 Å². The van der Waals surface area contributed by atoms with Crippen molar-refractivity contribution in [1.82, 2.24) is 14.9 Å².